The minimum Gasteiger partial charge on any atom is -0.365 e. The first kappa shape index (κ1) is 33.7. The van der Waals surface area contributed by atoms with Gasteiger partial charge >= 0.3 is 6.09 Å². The number of Topliss-reactive ketones (excluding diaryl/α,β-unsaturated/α-hetero) is 1. The van der Waals surface area contributed by atoms with E-state index in [0.717, 1.165) is 68.3 Å². The molecule has 3 aliphatic rings. The number of hydrogen-bond donors (Lipinski definition) is 4. The van der Waals surface area contributed by atoms with Gasteiger partial charge in [0, 0.05) is 48.5 Å². The van der Waals surface area contributed by atoms with Crippen molar-refractivity contribution in [3.63, 3.8) is 0 Å². The molecular weight excluding hydrogens is 605 g/mol. The van der Waals surface area contributed by atoms with E-state index in [1.54, 1.807) is 29.3 Å². The molecule has 44 heavy (non-hydrogen) atoms. The van der Waals surface area contributed by atoms with Gasteiger partial charge in [-0.3, -0.25) is 10.1 Å². The number of fused-ring (bicyclic) bond motifs is 1. The fourth-order valence-corrected chi connectivity index (χ4v) is 6.34. The fraction of sp³-hybridized carbons (Fsp3) is 0.567. The first-order valence-electron chi connectivity index (χ1n) is 15.3. The third kappa shape index (κ3) is 8.09. The standard InChI is InChI=1S/C30H41N9O3.2ClH/c1-19(40)20-5-4-6-24(17-20)35-30(41)42-38-15-13-23(14-16-38)33-27-26-28(39(18-32-26)25-7-2-3-8-25)37-29(36-27)34-22-11-9-21(31)10-12-22;;/h4-6,17-18,21-23,25H,2-3,7-16,31H2,1H3,(H,35,41)(H2,33,34,36,37);2*1H. The zero-order valence-corrected chi connectivity index (χ0v) is 26.7. The molecule has 3 heterocycles. The van der Waals surface area contributed by atoms with Crippen LogP contribution in [0.3, 0.4) is 0 Å². The molecule has 1 amide bonds. The summed E-state index contributed by atoms with van der Waals surface area (Å²) < 4.78 is 2.23. The zero-order chi connectivity index (χ0) is 29.1. The summed E-state index contributed by atoms with van der Waals surface area (Å²) in [5.41, 5.74) is 8.86. The Hall–Kier alpha value is -3.19. The van der Waals surface area contributed by atoms with Gasteiger partial charge in [0.2, 0.25) is 5.95 Å². The minimum absolute atomic E-state index is 0. The number of ketones is 1. The van der Waals surface area contributed by atoms with Gasteiger partial charge in [0.05, 0.1) is 6.33 Å². The number of nitrogens with zero attached hydrogens (tertiary/aromatic N) is 5. The van der Waals surface area contributed by atoms with Gasteiger partial charge in [-0.1, -0.05) is 25.0 Å². The molecule has 3 aromatic rings. The highest BCUT2D eigenvalue weighted by Gasteiger charge is 2.27. The van der Waals surface area contributed by atoms with Gasteiger partial charge in [-0.15, -0.1) is 29.9 Å². The Labute approximate surface area is 270 Å². The number of rotatable bonds is 8. The second-order valence-corrected chi connectivity index (χ2v) is 11.9. The molecule has 2 aliphatic carbocycles. The molecule has 1 saturated heterocycles. The average Bonchev–Trinajstić information content (AvgIpc) is 3.66. The van der Waals surface area contributed by atoms with Crippen molar-refractivity contribution in [2.45, 2.75) is 95.3 Å². The first-order chi connectivity index (χ1) is 20.4. The number of benzene rings is 1. The van der Waals surface area contributed by atoms with Crippen LogP contribution in [0.5, 0.6) is 0 Å². The van der Waals surface area contributed by atoms with E-state index in [0.29, 0.717) is 42.4 Å². The number of aromatic nitrogens is 4. The van der Waals surface area contributed by atoms with Crippen molar-refractivity contribution in [1.82, 2.24) is 24.6 Å². The number of hydroxylamine groups is 2. The van der Waals surface area contributed by atoms with Crippen molar-refractivity contribution in [1.29, 1.82) is 0 Å². The molecule has 14 heteroatoms. The maximum atomic E-state index is 12.5. The molecule has 3 fully saturated rings. The quantitative estimate of drug-likeness (QED) is 0.224. The van der Waals surface area contributed by atoms with Crippen molar-refractivity contribution in [2.24, 2.45) is 5.73 Å². The van der Waals surface area contributed by atoms with Gasteiger partial charge in [-0.2, -0.15) is 9.97 Å². The molecule has 2 saturated carbocycles. The van der Waals surface area contributed by atoms with E-state index in [2.05, 4.69) is 20.5 Å². The van der Waals surface area contributed by atoms with Gasteiger partial charge in [0.25, 0.3) is 0 Å². The average molecular weight is 649 g/mol. The highest BCUT2D eigenvalue weighted by atomic mass is 35.5. The molecule has 240 valence electrons. The van der Waals surface area contributed by atoms with Gasteiger partial charge in [0.15, 0.2) is 22.8 Å². The SMILES string of the molecule is CC(=O)c1cccc(NC(=O)ON2CCC(Nc3nc(NC4CCC(N)CC4)nc4c3ncn4C3CCCC3)CC2)c1.Cl.Cl. The van der Waals surface area contributed by atoms with Gasteiger partial charge in [0.1, 0.15) is 0 Å². The summed E-state index contributed by atoms with van der Waals surface area (Å²) in [4.78, 5) is 44.3. The number of nitrogens with two attached hydrogens (primary N) is 1. The second kappa shape index (κ2) is 15.2. The predicted molar refractivity (Wildman–Crippen MR) is 176 cm³/mol. The van der Waals surface area contributed by atoms with Crippen molar-refractivity contribution in [3.8, 4) is 0 Å². The van der Waals surface area contributed by atoms with E-state index in [4.69, 9.17) is 25.5 Å². The fourth-order valence-electron chi connectivity index (χ4n) is 6.34. The number of halogens is 2. The van der Waals surface area contributed by atoms with E-state index in [1.807, 2.05) is 6.33 Å². The summed E-state index contributed by atoms with van der Waals surface area (Å²) in [5, 5.41) is 11.6. The topological polar surface area (TPSA) is 152 Å². The molecule has 0 bridgehead atoms. The van der Waals surface area contributed by atoms with Crippen molar-refractivity contribution < 1.29 is 14.4 Å². The molecule has 0 radical (unpaired) electrons. The summed E-state index contributed by atoms with van der Waals surface area (Å²) in [7, 11) is 0. The summed E-state index contributed by atoms with van der Waals surface area (Å²) in [5.74, 6) is 1.32. The molecule has 0 spiro atoms. The summed E-state index contributed by atoms with van der Waals surface area (Å²) >= 11 is 0. The highest BCUT2D eigenvalue weighted by Crippen LogP contribution is 2.34. The Kier molecular flexibility index (Phi) is 11.6. The predicted octanol–water partition coefficient (Wildman–Crippen LogP) is 5.71. The van der Waals surface area contributed by atoms with Gasteiger partial charge in [-0.05, 0) is 70.4 Å². The van der Waals surface area contributed by atoms with E-state index >= 15 is 0 Å². The maximum Gasteiger partial charge on any atom is 0.430 e. The van der Waals surface area contributed by atoms with Crippen LogP contribution in [0, 0.1) is 0 Å². The van der Waals surface area contributed by atoms with E-state index in [-0.39, 0.29) is 42.7 Å². The highest BCUT2D eigenvalue weighted by molar-refractivity contribution is 5.96. The lowest BCUT2D eigenvalue weighted by Gasteiger charge is -2.31. The minimum atomic E-state index is -0.573. The van der Waals surface area contributed by atoms with Gasteiger partial charge in [-0.25, -0.2) is 9.78 Å². The van der Waals surface area contributed by atoms with Crippen LogP contribution in [0.25, 0.3) is 11.2 Å². The van der Waals surface area contributed by atoms with Crippen LogP contribution in [-0.2, 0) is 4.84 Å². The molecule has 2 aromatic heterocycles. The van der Waals surface area contributed by atoms with Crippen LogP contribution in [0.15, 0.2) is 30.6 Å². The zero-order valence-electron chi connectivity index (χ0n) is 25.0. The monoisotopic (exact) mass is 647 g/mol. The Bertz CT molecular complexity index is 1420. The van der Waals surface area contributed by atoms with Crippen molar-refractivity contribution >= 4 is 65.3 Å². The van der Waals surface area contributed by atoms with Crippen LogP contribution < -0.4 is 21.7 Å². The number of imidazole rings is 1. The summed E-state index contributed by atoms with van der Waals surface area (Å²) in [6, 6.07) is 7.99. The van der Waals surface area contributed by atoms with E-state index in [9.17, 15) is 9.59 Å². The largest absolute Gasteiger partial charge is 0.430 e. The number of amides is 1. The number of carbonyl (C=O) groups excluding carboxylic acids is 2. The van der Waals surface area contributed by atoms with Crippen LogP contribution in [0.2, 0.25) is 0 Å². The van der Waals surface area contributed by atoms with Crippen LogP contribution in [-0.4, -0.2) is 67.7 Å². The molecular formula is C30H43Cl2N9O3. The molecule has 12 nitrogen and oxygen atoms in total. The smallest absolute Gasteiger partial charge is 0.365 e. The summed E-state index contributed by atoms with van der Waals surface area (Å²) in [6.45, 7) is 2.65. The maximum absolute atomic E-state index is 12.5. The van der Waals surface area contributed by atoms with Crippen molar-refractivity contribution in [3.05, 3.63) is 36.2 Å². The second-order valence-electron chi connectivity index (χ2n) is 11.9. The Morgan fingerprint density at radius 3 is 2.34 bits per heavy atom. The molecule has 6 rings (SSSR count). The molecule has 1 aliphatic heterocycles. The summed E-state index contributed by atoms with van der Waals surface area (Å²) in [6.07, 6.45) is 11.7. The van der Waals surface area contributed by atoms with Crippen LogP contribution in [0.4, 0.5) is 22.2 Å². The molecule has 0 unspecified atom stereocenters. The number of carbonyl (C=O) groups is 2. The third-order valence-corrected chi connectivity index (χ3v) is 8.77. The number of nitrogens with one attached hydrogen (secondary N) is 3. The lowest BCUT2D eigenvalue weighted by atomic mass is 9.92. The number of hydrogen-bond acceptors (Lipinski definition) is 10. The molecule has 5 N–H and O–H groups in total. The molecule has 1 aromatic carbocycles. The Morgan fingerprint density at radius 1 is 0.932 bits per heavy atom. The Morgan fingerprint density at radius 2 is 1.64 bits per heavy atom. The normalized spacial score (nSPS) is 21.2. The van der Waals surface area contributed by atoms with Crippen LogP contribution >= 0.6 is 24.8 Å². The lowest BCUT2D eigenvalue weighted by molar-refractivity contribution is -0.106. The van der Waals surface area contributed by atoms with E-state index in [1.165, 1.54) is 19.8 Å². The van der Waals surface area contributed by atoms with Gasteiger partial charge < -0.3 is 25.8 Å². The molecule has 0 atom stereocenters. The van der Waals surface area contributed by atoms with E-state index < -0.39 is 6.09 Å². The lowest BCUT2D eigenvalue weighted by Crippen LogP contribution is -2.41. The number of anilines is 3. The third-order valence-electron chi connectivity index (χ3n) is 8.77. The number of piperidine rings is 1. The van der Waals surface area contributed by atoms with Crippen LogP contribution in [0.1, 0.15) is 87.5 Å². The first-order valence-corrected chi connectivity index (χ1v) is 15.3. The van der Waals surface area contributed by atoms with Crippen molar-refractivity contribution in [2.75, 3.05) is 29.0 Å². The Balaban J connectivity index is 0.00000221.